The minimum Gasteiger partial charge on any atom is -0.507 e. The zero-order valence-corrected chi connectivity index (χ0v) is 9.97. The second-order valence-corrected chi connectivity index (χ2v) is 3.63. The van der Waals surface area contributed by atoms with E-state index in [9.17, 15) is 5.11 Å². The number of phenols is 1. The molecule has 0 spiro atoms. The van der Waals surface area contributed by atoms with E-state index in [2.05, 4.69) is 6.58 Å². The average molecular weight is 228 g/mol. The number of nitrogens with two attached hydrogens (primary N) is 1. The Morgan fingerprint density at radius 3 is 2.27 bits per heavy atom. The van der Waals surface area contributed by atoms with Crippen molar-refractivity contribution in [3.63, 3.8) is 0 Å². The fraction of sp³-hybridized carbons (Fsp3) is 0.333. The fourth-order valence-electron chi connectivity index (χ4n) is 1.52. The predicted octanol–water partition coefficient (Wildman–Crippen LogP) is 3.01. The molecular formula is C12H18ClNO. The van der Waals surface area contributed by atoms with Crippen LogP contribution in [0.5, 0.6) is 5.75 Å². The first-order valence-corrected chi connectivity index (χ1v) is 4.73. The van der Waals surface area contributed by atoms with Crippen LogP contribution in [-0.2, 0) is 0 Å². The standard InChI is InChI=1S/C12H17NO.ClH/c1-4-5-11(13)10-6-8(2)12(14)9(3)7-10;/h4,6-7,11,14H,1,5,13H2,2-3H3;1H/t11-;/m1./s1. The van der Waals surface area contributed by atoms with Crippen molar-refractivity contribution < 1.29 is 5.11 Å². The first-order chi connectivity index (χ1) is 6.56. The Kier molecular flexibility index (Phi) is 5.40. The quantitative estimate of drug-likeness (QED) is 0.780. The van der Waals surface area contributed by atoms with Gasteiger partial charge in [0.25, 0.3) is 0 Å². The summed E-state index contributed by atoms with van der Waals surface area (Å²) >= 11 is 0. The summed E-state index contributed by atoms with van der Waals surface area (Å²) in [5, 5.41) is 9.58. The highest BCUT2D eigenvalue weighted by atomic mass is 35.5. The summed E-state index contributed by atoms with van der Waals surface area (Å²) in [6.45, 7) is 7.42. The van der Waals surface area contributed by atoms with Crippen LogP contribution in [0.25, 0.3) is 0 Å². The van der Waals surface area contributed by atoms with Crippen molar-refractivity contribution in [3.8, 4) is 5.75 Å². The van der Waals surface area contributed by atoms with Gasteiger partial charge in [-0.3, -0.25) is 0 Å². The van der Waals surface area contributed by atoms with Gasteiger partial charge in [-0.1, -0.05) is 18.2 Å². The Bertz CT molecular complexity index is 326. The molecule has 1 aromatic rings. The van der Waals surface area contributed by atoms with Crippen molar-refractivity contribution in [2.24, 2.45) is 5.73 Å². The van der Waals surface area contributed by atoms with Gasteiger partial charge in [-0.2, -0.15) is 0 Å². The molecule has 0 aliphatic rings. The minimum absolute atomic E-state index is 0. The second-order valence-electron chi connectivity index (χ2n) is 3.63. The summed E-state index contributed by atoms with van der Waals surface area (Å²) in [4.78, 5) is 0. The molecule has 3 heteroatoms. The molecule has 0 aliphatic heterocycles. The summed E-state index contributed by atoms with van der Waals surface area (Å²) < 4.78 is 0. The van der Waals surface area contributed by atoms with E-state index in [1.165, 1.54) is 0 Å². The second kappa shape index (κ2) is 5.79. The number of benzene rings is 1. The first-order valence-electron chi connectivity index (χ1n) is 4.73. The van der Waals surface area contributed by atoms with E-state index < -0.39 is 0 Å². The van der Waals surface area contributed by atoms with Crippen LogP contribution in [0.3, 0.4) is 0 Å². The molecular weight excluding hydrogens is 210 g/mol. The van der Waals surface area contributed by atoms with E-state index in [0.717, 1.165) is 23.1 Å². The van der Waals surface area contributed by atoms with Gasteiger partial charge in [-0.15, -0.1) is 19.0 Å². The highest BCUT2D eigenvalue weighted by Gasteiger charge is 2.08. The van der Waals surface area contributed by atoms with Crippen molar-refractivity contribution >= 4 is 12.4 Å². The number of aryl methyl sites for hydroxylation is 2. The largest absolute Gasteiger partial charge is 0.507 e. The molecule has 3 N–H and O–H groups in total. The summed E-state index contributed by atoms with van der Waals surface area (Å²) in [5.41, 5.74) is 8.74. The van der Waals surface area contributed by atoms with Gasteiger partial charge in [0, 0.05) is 6.04 Å². The third-order valence-electron chi connectivity index (χ3n) is 2.36. The van der Waals surface area contributed by atoms with E-state index in [4.69, 9.17) is 5.73 Å². The van der Waals surface area contributed by atoms with Crippen molar-refractivity contribution in [2.75, 3.05) is 0 Å². The molecule has 1 aromatic carbocycles. The summed E-state index contributed by atoms with van der Waals surface area (Å²) in [6, 6.07) is 3.83. The molecule has 1 atom stereocenters. The van der Waals surface area contributed by atoms with Crippen molar-refractivity contribution in [2.45, 2.75) is 26.3 Å². The molecule has 0 saturated heterocycles. The van der Waals surface area contributed by atoms with Crippen molar-refractivity contribution in [3.05, 3.63) is 41.5 Å². The van der Waals surface area contributed by atoms with Crippen LogP contribution in [0.2, 0.25) is 0 Å². The molecule has 0 amide bonds. The molecule has 0 fully saturated rings. The van der Waals surface area contributed by atoms with Gasteiger partial charge in [0.05, 0.1) is 0 Å². The molecule has 1 rings (SSSR count). The Balaban J connectivity index is 0.00000196. The number of hydrogen-bond donors (Lipinski definition) is 2. The number of hydrogen-bond acceptors (Lipinski definition) is 2. The van der Waals surface area contributed by atoms with Crippen LogP contribution in [0.15, 0.2) is 24.8 Å². The Morgan fingerprint density at radius 1 is 1.40 bits per heavy atom. The molecule has 0 heterocycles. The first kappa shape index (κ1) is 14.0. The zero-order valence-electron chi connectivity index (χ0n) is 9.16. The van der Waals surface area contributed by atoms with E-state index in [1.807, 2.05) is 32.1 Å². The maximum atomic E-state index is 9.58. The lowest BCUT2D eigenvalue weighted by atomic mass is 9.99. The number of aromatic hydroxyl groups is 1. The molecule has 0 radical (unpaired) electrons. The van der Waals surface area contributed by atoms with Crippen LogP contribution in [0.4, 0.5) is 0 Å². The Hall–Kier alpha value is -0.990. The predicted molar refractivity (Wildman–Crippen MR) is 66.6 cm³/mol. The molecule has 0 saturated carbocycles. The van der Waals surface area contributed by atoms with Crippen LogP contribution >= 0.6 is 12.4 Å². The molecule has 0 bridgehead atoms. The normalized spacial score (nSPS) is 11.7. The lowest BCUT2D eigenvalue weighted by molar-refractivity contribution is 0.466. The summed E-state index contributed by atoms with van der Waals surface area (Å²) in [6.07, 6.45) is 2.56. The van der Waals surface area contributed by atoms with Gasteiger partial charge in [0.2, 0.25) is 0 Å². The molecule has 15 heavy (non-hydrogen) atoms. The Morgan fingerprint density at radius 2 is 1.87 bits per heavy atom. The van der Waals surface area contributed by atoms with Gasteiger partial charge in [-0.05, 0) is 37.0 Å². The third kappa shape index (κ3) is 3.26. The highest BCUT2D eigenvalue weighted by molar-refractivity contribution is 5.85. The molecule has 0 unspecified atom stereocenters. The fourth-order valence-corrected chi connectivity index (χ4v) is 1.52. The topological polar surface area (TPSA) is 46.2 Å². The minimum atomic E-state index is -0.0227. The van der Waals surface area contributed by atoms with E-state index in [-0.39, 0.29) is 18.4 Å². The van der Waals surface area contributed by atoms with Gasteiger partial charge in [0.15, 0.2) is 0 Å². The molecule has 0 aliphatic carbocycles. The zero-order chi connectivity index (χ0) is 10.7. The van der Waals surface area contributed by atoms with E-state index in [0.29, 0.717) is 5.75 Å². The maximum Gasteiger partial charge on any atom is 0.121 e. The van der Waals surface area contributed by atoms with E-state index in [1.54, 1.807) is 0 Å². The van der Waals surface area contributed by atoms with Crippen LogP contribution in [-0.4, -0.2) is 5.11 Å². The molecule has 84 valence electrons. The van der Waals surface area contributed by atoms with Crippen molar-refractivity contribution in [1.82, 2.24) is 0 Å². The van der Waals surface area contributed by atoms with Gasteiger partial charge < -0.3 is 10.8 Å². The highest BCUT2D eigenvalue weighted by Crippen LogP contribution is 2.26. The number of rotatable bonds is 3. The number of phenolic OH excluding ortho intramolecular Hbond substituents is 1. The van der Waals surface area contributed by atoms with Gasteiger partial charge in [-0.25, -0.2) is 0 Å². The monoisotopic (exact) mass is 227 g/mol. The maximum absolute atomic E-state index is 9.58. The Labute approximate surface area is 97.2 Å². The summed E-state index contributed by atoms with van der Waals surface area (Å²) in [7, 11) is 0. The van der Waals surface area contributed by atoms with Crippen LogP contribution in [0.1, 0.15) is 29.2 Å². The molecule has 2 nitrogen and oxygen atoms in total. The lowest BCUT2D eigenvalue weighted by Gasteiger charge is -2.13. The summed E-state index contributed by atoms with van der Waals surface area (Å²) in [5.74, 6) is 0.361. The smallest absolute Gasteiger partial charge is 0.121 e. The van der Waals surface area contributed by atoms with Crippen LogP contribution in [0, 0.1) is 13.8 Å². The number of halogens is 1. The average Bonchev–Trinajstić information content (AvgIpc) is 2.13. The van der Waals surface area contributed by atoms with E-state index >= 15 is 0 Å². The molecule has 0 aromatic heterocycles. The third-order valence-corrected chi connectivity index (χ3v) is 2.36. The van der Waals surface area contributed by atoms with Crippen LogP contribution < -0.4 is 5.73 Å². The van der Waals surface area contributed by atoms with Crippen molar-refractivity contribution in [1.29, 1.82) is 0 Å². The van der Waals surface area contributed by atoms with Gasteiger partial charge >= 0.3 is 0 Å². The lowest BCUT2D eigenvalue weighted by Crippen LogP contribution is -2.09. The SMILES string of the molecule is C=CC[C@@H](N)c1cc(C)c(O)c(C)c1.Cl. The van der Waals surface area contributed by atoms with Gasteiger partial charge in [0.1, 0.15) is 5.75 Å².